The Kier molecular flexibility index (Phi) is 3.02. The maximum absolute atomic E-state index is 5.62. The molecule has 0 amide bonds. The van der Waals surface area contributed by atoms with E-state index in [0.717, 1.165) is 18.5 Å². The Hall–Kier alpha value is -0.410. The van der Waals surface area contributed by atoms with E-state index in [-0.39, 0.29) is 0 Å². The molecule has 1 unspecified atom stereocenters. The van der Waals surface area contributed by atoms with E-state index >= 15 is 0 Å². The van der Waals surface area contributed by atoms with Crippen molar-refractivity contribution in [2.24, 2.45) is 5.73 Å². The van der Waals surface area contributed by atoms with Gasteiger partial charge in [0.1, 0.15) is 0 Å². The van der Waals surface area contributed by atoms with Gasteiger partial charge in [-0.05, 0) is 20.3 Å². The fourth-order valence-corrected chi connectivity index (χ4v) is 1.66. The fourth-order valence-electron chi connectivity index (χ4n) is 0.869. The molecule has 0 aliphatic carbocycles. The van der Waals surface area contributed by atoms with Crippen LogP contribution < -0.4 is 5.73 Å². The Bertz CT molecular complexity index is 218. The van der Waals surface area contributed by atoms with Gasteiger partial charge in [0.25, 0.3) is 0 Å². The number of hydrogen-bond donors (Lipinski definition) is 1. The first-order valence-corrected chi connectivity index (χ1v) is 4.73. The van der Waals surface area contributed by atoms with Crippen molar-refractivity contribution in [1.82, 2.24) is 4.98 Å². The summed E-state index contributed by atoms with van der Waals surface area (Å²) in [5.41, 5.74) is 6.74. The largest absolute Gasteiger partial charge is 0.328 e. The molecule has 2 N–H and O–H groups in total. The maximum atomic E-state index is 5.62. The van der Waals surface area contributed by atoms with Crippen molar-refractivity contribution in [3.05, 3.63) is 16.1 Å². The first kappa shape index (κ1) is 8.68. The molecule has 1 rings (SSSR count). The number of nitrogens with zero attached hydrogens (tertiary/aromatic N) is 1. The summed E-state index contributed by atoms with van der Waals surface area (Å²) in [6.07, 6.45) is 2.06. The number of rotatable bonds is 3. The molecule has 11 heavy (non-hydrogen) atoms. The third kappa shape index (κ3) is 2.99. The Labute approximate surface area is 71.5 Å². The summed E-state index contributed by atoms with van der Waals surface area (Å²) < 4.78 is 0. The van der Waals surface area contributed by atoms with Crippen LogP contribution in [0.3, 0.4) is 0 Å². The molecule has 0 fully saturated rings. The second kappa shape index (κ2) is 3.83. The van der Waals surface area contributed by atoms with Gasteiger partial charge in [0.2, 0.25) is 0 Å². The van der Waals surface area contributed by atoms with Crippen molar-refractivity contribution in [1.29, 1.82) is 0 Å². The number of hydrogen-bond acceptors (Lipinski definition) is 3. The lowest BCUT2D eigenvalue weighted by molar-refractivity contribution is 0.663. The lowest BCUT2D eigenvalue weighted by Crippen LogP contribution is -2.15. The standard InChI is InChI=1S/C8H14N2S/c1-6(9)3-4-8-10-7(2)5-11-8/h5-6H,3-4,9H2,1-2H3. The molecule has 0 saturated heterocycles. The van der Waals surface area contributed by atoms with Crippen LogP contribution in [0.4, 0.5) is 0 Å². The minimum Gasteiger partial charge on any atom is -0.328 e. The third-order valence-corrected chi connectivity index (χ3v) is 2.51. The average Bonchev–Trinajstić information content (AvgIpc) is 2.31. The monoisotopic (exact) mass is 170 g/mol. The van der Waals surface area contributed by atoms with E-state index in [1.807, 2.05) is 13.8 Å². The molecular weight excluding hydrogens is 156 g/mol. The highest BCUT2D eigenvalue weighted by molar-refractivity contribution is 7.09. The van der Waals surface area contributed by atoms with E-state index in [1.54, 1.807) is 11.3 Å². The van der Waals surface area contributed by atoms with E-state index in [1.165, 1.54) is 5.01 Å². The zero-order valence-electron chi connectivity index (χ0n) is 7.00. The van der Waals surface area contributed by atoms with Crippen LogP contribution in [-0.4, -0.2) is 11.0 Å². The molecule has 3 heteroatoms. The quantitative estimate of drug-likeness (QED) is 0.750. The number of aryl methyl sites for hydroxylation is 2. The second-order valence-electron chi connectivity index (χ2n) is 2.90. The van der Waals surface area contributed by atoms with Crippen LogP contribution in [0, 0.1) is 6.92 Å². The van der Waals surface area contributed by atoms with Gasteiger partial charge in [-0.3, -0.25) is 0 Å². The van der Waals surface area contributed by atoms with E-state index in [4.69, 9.17) is 5.73 Å². The van der Waals surface area contributed by atoms with E-state index in [0.29, 0.717) is 6.04 Å². The van der Waals surface area contributed by atoms with Crippen LogP contribution in [-0.2, 0) is 6.42 Å². The van der Waals surface area contributed by atoms with Crippen LogP contribution in [0.2, 0.25) is 0 Å². The molecule has 1 aromatic rings. The van der Waals surface area contributed by atoms with Gasteiger partial charge >= 0.3 is 0 Å². The van der Waals surface area contributed by atoms with Crippen molar-refractivity contribution in [3.8, 4) is 0 Å². The second-order valence-corrected chi connectivity index (χ2v) is 3.84. The van der Waals surface area contributed by atoms with Gasteiger partial charge in [-0.25, -0.2) is 4.98 Å². The molecule has 0 aliphatic rings. The van der Waals surface area contributed by atoms with Crippen molar-refractivity contribution in [2.75, 3.05) is 0 Å². The van der Waals surface area contributed by atoms with Crippen molar-refractivity contribution in [3.63, 3.8) is 0 Å². The van der Waals surface area contributed by atoms with Gasteiger partial charge < -0.3 is 5.73 Å². The van der Waals surface area contributed by atoms with Crippen molar-refractivity contribution >= 4 is 11.3 Å². The molecule has 0 radical (unpaired) electrons. The minimum atomic E-state index is 0.291. The number of thiazole rings is 1. The van der Waals surface area contributed by atoms with Crippen molar-refractivity contribution < 1.29 is 0 Å². The van der Waals surface area contributed by atoms with Gasteiger partial charge in [0.15, 0.2) is 0 Å². The third-order valence-electron chi connectivity index (χ3n) is 1.48. The zero-order valence-corrected chi connectivity index (χ0v) is 7.82. The topological polar surface area (TPSA) is 38.9 Å². The molecular formula is C8H14N2S. The SMILES string of the molecule is Cc1csc(CCC(C)N)n1. The first-order valence-electron chi connectivity index (χ1n) is 3.85. The molecule has 1 heterocycles. The summed E-state index contributed by atoms with van der Waals surface area (Å²) in [4.78, 5) is 4.35. The highest BCUT2D eigenvalue weighted by Gasteiger charge is 1.99. The van der Waals surface area contributed by atoms with E-state index in [9.17, 15) is 0 Å². The van der Waals surface area contributed by atoms with Crippen LogP contribution in [0.5, 0.6) is 0 Å². The lowest BCUT2D eigenvalue weighted by atomic mass is 10.2. The molecule has 0 bridgehead atoms. The van der Waals surface area contributed by atoms with Gasteiger partial charge in [-0.2, -0.15) is 0 Å². The first-order chi connectivity index (χ1) is 5.18. The predicted molar refractivity (Wildman–Crippen MR) is 48.8 cm³/mol. The molecule has 0 aliphatic heterocycles. The highest BCUT2D eigenvalue weighted by atomic mass is 32.1. The van der Waals surface area contributed by atoms with Crippen LogP contribution in [0.25, 0.3) is 0 Å². The Morgan fingerprint density at radius 1 is 1.73 bits per heavy atom. The van der Waals surface area contributed by atoms with Gasteiger partial charge in [-0.1, -0.05) is 0 Å². The zero-order chi connectivity index (χ0) is 8.27. The Morgan fingerprint density at radius 2 is 2.45 bits per heavy atom. The summed E-state index contributed by atoms with van der Waals surface area (Å²) in [5, 5.41) is 3.29. The minimum absolute atomic E-state index is 0.291. The lowest BCUT2D eigenvalue weighted by Gasteiger charge is -2.00. The molecule has 2 nitrogen and oxygen atoms in total. The van der Waals surface area contributed by atoms with Gasteiger partial charge in [0.05, 0.1) is 5.01 Å². The smallest absolute Gasteiger partial charge is 0.0928 e. The normalized spacial score (nSPS) is 13.4. The number of aromatic nitrogens is 1. The van der Waals surface area contributed by atoms with Gasteiger partial charge in [-0.15, -0.1) is 11.3 Å². The maximum Gasteiger partial charge on any atom is 0.0928 e. The van der Waals surface area contributed by atoms with Crippen LogP contribution in [0.1, 0.15) is 24.0 Å². The predicted octanol–water partition coefficient (Wildman–Crippen LogP) is 1.73. The summed E-state index contributed by atoms with van der Waals surface area (Å²) in [5.74, 6) is 0. The Morgan fingerprint density at radius 3 is 2.91 bits per heavy atom. The summed E-state index contributed by atoms with van der Waals surface area (Å²) in [7, 11) is 0. The molecule has 62 valence electrons. The van der Waals surface area contributed by atoms with E-state index in [2.05, 4.69) is 10.4 Å². The summed E-state index contributed by atoms with van der Waals surface area (Å²) >= 11 is 1.72. The van der Waals surface area contributed by atoms with Crippen molar-refractivity contribution in [2.45, 2.75) is 32.7 Å². The van der Waals surface area contributed by atoms with Crippen LogP contribution in [0.15, 0.2) is 5.38 Å². The highest BCUT2D eigenvalue weighted by Crippen LogP contribution is 2.10. The molecule has 0 aromatic carbocycles. The summed E-state index contributed by atoms with van der Waals surface area (Å²) in [6.45, 7) is 4.05. The summed E-state index contributed by atoms with van der Waals surface area (Å²) in [6, 6.07) is 0.291. The molecule has 0 spiro atoms. The molecule has 1 atom stereocenters. The average molecular weight is 170 g/mol. The fraction of sp³-hybridized carbons (Fsp3) is 0.625. The Balaban J connectivity index is 2.39. The molecule has 0 saturated carbocycles. The van der Waals surface area contributed by atoms with E-state index < -0.39 is 0 Å². The van der Waals surface area contributed by atoms with Crippen LogP contribution >= 0.6 is 11.3 Å². The van der Waals surface area contributed by atoms with Gasteiger partial charge in [0, 0.05) is 23.5 Å². The molecule has 1 aromatic heterocycles. The number of nitrogens with two attached hydrogens (primary N) is 1.